The Morgan fingerprint density at radius 3 is 2.58 bits per heavy atom. The van der Waals surface area contributed by atoms with Gasteiger partial charge in [-0.25, -0.2) is 5.43 Å². The second-order valence-electron chi connectivity index (χ2n) is 5.16. The van der Waals surface area contributed by atoms with E-state index >= 15 is 0 Å². The smallest absolute Gasteiger partial charge is 0.267 e. The van der Waals surface area contributed by atoms with Gasteiger partial charge in [-0.15, -0.1) is 0 Å². The monoisotopic (exact) mass is 357 g/mol. The number of nitrogens with zero attached hydrogens (tertiary/aromatic N) is 2. The molecule has 24 heavy (non-hydrogen) atoms. The average molecular weight is 358 g/mol. The first-order chi connectivity index (χ1) is 11.6. The normalized spacial score (nSPS) is 11.1. The summed E-state index contributed by atoms with van der Waals surface area (Å²) in [6.07, 6.45) is 1.43. The van der Waals surface area contributed by atoms with Crippen molar-refractivity contribution < 1.29 is 4.79 Å². The SMILES string of the molecule is Cc1cc(C(=O)N/N=C\c2c(Cl)cccc2Cl)c2ccccc2n1. The van der Waals surface area contributed by atoms with Crippen LogP contribution in [0.25, 0.3) is 10.9 Å². The van der Waals surface area contributed by atoms with Crippen molar-refractivity contribution in [3.8, 4) is 0 Å². The predicted octanol–water partition coefficient (Wildman–Crippen LogP) is 4.61. The number of fused-ring (bicyclic) bond motifs is 1. The van der Waals surface area contributed by atoms with E-state index in [0.717, 1.165) is 16.6 Å². The van der Waals surface area contributed by atoms with Crippen LogP contribution < -0.4 is 5.43 Å². The molecule has 6 heteroatoms. The number of halogens is 2. The molecule has 120 valence electrons. The van der Waals surface area contributed by atoms with Crippen LogP contribution in [0.4, 0.5) is 0 Å². The van der Waals surface area contributed by atoms with Gasteiger partial charge in [-0.3, -0.25) is 9.78 Å². The molecule has 0 aliphatic carbocycles. The van der Waals surface area contributed by atoms with E-state index in [9.17, 15) is 4.79 Å². The Morgan fingerprint density at radius 2 is 1.83 bits per heavy atom. The van der Waals surface area contributed by atoms with Gasteiger partial charge in [0.15, 0.2) is 0 Å². The van der Waals surface area contributed by atoms with Crippen LogP contribution in [0.1, 0.15) is 21.6 Å². The molecule has 0 fully saturated rings. The van der Waals surface area contributed by atoms with Gasteiger partial charge in [0.1, 0.15) is 0 Å². The Hall–Kier alpha value is -2.43. The van der Waals surface area contributed by atoms with Crippen LogP contribution in [0.3, 0.4) is 0 Å². The van der Waals surface area contributed by atoms with Crippen LogP contribution in [0.5, 0.6) is 0 Å². The highest BCUT2D eigenvalue weighted by molar-refractivity contribution is 6.38. The summed E-state index contributed by atoms with van der Waals surface area (Å²) in [4.78, 5) is 16.9. The number of nitrogens with one attached hydrogen (secondary N) is 1. The van der Waals surface area contributed by atoms with Crippen molar-refractivity contribution in [2.75, 3.05) is 0 Å². The lowest BCUT2D eigenvalue weighted by atomic mass is 10.1. The molecule has 0 saturated heterocycles. The number of hydrazone groups is 1. The topological polar surface area (TPSA) is 54.4 Å². The second kappa shape index (κ2) is 6.99. The molecular weight excluding hydrogens is 345 g/mol. The zero-order chi connectivity index (χ0) is 17.1. The fraction of sp³-hybridized carbons (Fsp3) is 0.0556. The number of para-hydroxylation sites is 1. The van der Waals surface area contributed by atoms with Crippen LogP contribution in [0.15, 0.2) is 53.6 Å². The number of carbonyl (C=O) groups is 1. The number of benzene rings is 2. The predicted molar refractivity (Wildman–Crippen MR) is 98.0 cm³/mol. The molecule has 0 aliphatic rings. The number of pyridine rings is 1. The van der Waals surface area contributed by atoms with Gasteiger partial charge in [0.05, 0.1) is 27.3 Å². The zero-order valence-electron chi connectivity index (χ0n) is 12.8. The van der Waals surface area contributed by atoms with Crippen molar-refractivity contribution in [1.82, 2.24) is 10.4 Å². The molecule has 3 aromatic rings. The number of aryl methyl sites for hydroxylation is 1. The van der Waals surface area contributed by atoms with E-state index in [1.807, 2.05) is 31.2 Å². The summed E-state index contributed by atoms with van der Waals surface area (Å²) in [6.45, 7) is 1.84. The third-order valence-electron chi connectivity index (χ3n) is 3.45. The van der Waals surface area contributed by atoms with Gasteiger partial charge in [0.2, 0.25) is 0 Å². The maximum absolute atomic E-state index is 12.5. The Balaban J connectivity index is 1.87. The quantitative estimate of drug-likeness (QED) is 0.549. The third-order valence-corrected chi connectivity index (χ3v) is 4.11. The van der Waals surface area contributed by atoms with E-state index in [0.29, 0.717) is 21.2 Å². The van der Waals surface area contributed by atoms with Gasteiger partial charge in [0, 0.05) is 16.6 Å². The highest BCUT2D eigenvalue weighted by Crippen LogP contribution is 2.22. The number of rotatable bonds is 3. The van der Waals surface area contributed by atoms with E-state index in [4.69, 9.17) is 23.2 Å². The van der Waals surface area contributed by atoms with Crippen LogP contribution >= 0.6 is 23.2 Å². The molecular formula is C18H13Cl2N3O. The highest BCUT2D eigenvalue weighted by atomic mass is 35.5. The fourth-order valence-electron chi connectivity index (χ4n) is 2.35. The molecule has 0 aliphatic heterocycles. The molecule has 1 amide bonds. The molecule has 0 bridgehead atoms. The van der Waals surface area contributed by atoms with E-state index in [1.54, 1.807) is 24.3 Å². The lowest BCUT2D eigenvalue weighted by molar-refractivity contribution is 0.0956. The largest absolute Gasteiger partial charge is 0.272 e. The third kappa shape index (κ3) is 3.40. The summed E-state index contributed by atoms with van der Waals surface area (Å²) in [7, 11) is 0. The molecule has 0 atom stereocenters. The van der Waals surface area contributed by atoms with Crippen molar-refractivity contribution in [1.29, 1.82) is 0 Å². The minimum absolute atomic E-state index is 0.323. The van der Waals surface area contributed by atoms with Gasteiger partial charge >= 0.3 is 0 Å². The maximum Gasteiger partial charge on any atom is 0.272 e. The van der Waals surface area contributed by atoms with Crippen molar-refractivity contribution >= 4 is 46.2 Å². The van der Waals surface area contributed by atoms with Crippen molar-refractivity contribution in [3.05, 3.63) is 75.4 Å². The summed E-state index contributed by atoms with van der Waals surface area (Å²) < 4.78 is 0. The first-order valence-electron chi connectivity index (χ1n) is 7.20. The van der Waals surface area contributed by atoms with Gasteiger partial charge in [-0.2, -0.15) is 5.10 Å². The molecule has 2 aromatic carbocycles. The number of hydrogen-bond donors (Lipinski definition) is 1. The van der Waals surface area contributed by atoms with E-state index in [1.165, 1.54) is 6.21 Å². The van der Waals surface area contributed by atoms with Gasteiger partial charge in [-0.1, -0.05) is 47.5 Å². The van der Waals surface area contributed by atoms with E-state index < -0.39 is 0 Å². The Labute approximate surface area is 149 Å². The first-order valence-corrected chi connectivity index (χ1v) is 7.95. The maximum atomic E-state index is 12.5. The van der Waals surface area contributed by atoms with Crippen LogP contribution in [0, 0.1) is 6.92 Å². The van der Waals surface area contributed by atoms with Gasteiger partial charge < -0.3 is 0 Å². The number of carbonyl (C=O) groups excluding carboxylic acids is 1. The van der Waals surface area contributed by atoms with E-state index in [2.05, 4.69) is 15.5 Å². The lowest BCUT2D eigenvalue weighted by Crippen LogP contribution is -2.18. The molecule has 1 N–H and O–H groups in total. The molecule has 0 radical (unpaired) electrons. The standard InChI is InChI=1S/C18H13Cl2N3O/c1-11-9-13(12-5-2-3-8-17(12)22-11)18(24)23-21-10-14-15(19)6-4-7-16(14)20/h2-10H,1H3,(H,23,24)/b21-10-. The van der Waals surface area contributed by atoms with Crippen LogP contribution in [-0.4, -0.2) is 17.1 Å². The highest BCUT2D eigenvalue weighted by Gasteiger charge is 2.11. The average Bonchev–Trinajstić information content (AvgIpc) is 2.56. The number of aromatic nitrogens is 1. The van der Waals surface area contributed by atoms with Crippen LogP contribution in [-0.2, 0) is 0 Å². The number of hydrogen-bond acceptors (Lipinski definition) is 3. The molecule has 1 heterocycles. The molecule has 0 spiro atoms. The van der Waals surface area contributed by atoms with Gasteiger partial charge in [-0.05, 0) is 31.2 Å². The second-order valence-corrected chi connectivity index (χ2v) is 5.98. The Kier molecular flexibility index (Phi) is 4.79. The Morgan fingerprint density at radius 1 is 1.12 bits per heavy atom. The summed E-state index contributed by atoms with van der Waals surface area (Å²) in [5.74, 6) is -0.323. The first kappa shape index (κ1) is 16.4. The van der Waals surface area contributed by atoms with Crippen LogP contribution in [0.2, 0.25) is 10.0 Å². The summed E-state index contributed by atoms with van der Waals surface area (Å²) >= 11 is 12.1. The molecule has 3 rings (SSSR count). The van der Waals surface area contributed by atoms with Crippen molar-refractivity contribution in [2.45, 2.75) is 6.92 Å². The summed E-state index contributed by atoms with van der Waals surface area (Å²) in [5.41, 5.74) is 5.10. The fourth-order valence-corrected chi connectivity index (χ4v) is 2.84. The van der Waals surface area contributed by atoms with Crippen molar-refractivity contribution in [3.63, 3.8) is 0 Å². The van der Waals surface area contributed by atoms with E-state index in [-0.39, 0.29) is 5.91 Å². The minimum Gasteiger partial charge on any atom is -0.267 e. The zero-order valence-corrected chi connectivity index (χ0v) is 14.3. The number of amides is 1. The van der Waals surface area contributed by atoms with Gasteiger partial charge in [0.25, 0.3) is 5.91 Å². The summed E-state index contributed by atoms with van der Waals surface area (Å²) in [5, 5.41) is 5.66. The van der Waals surface area contributed by atoms with Crippen molar-refractivity contribution in [2.24, 2.45) is 5.10 Å². The Bertz CT molecular complexity index is 934. The molecule has 0 saturated carbocycles. The molecule has 0 unspecified atom stereocenters. The molecule has 4 nitrogen and oxygen atoms in total. The summed E-state index contributed by atoms with van der Waals surface area (Å²) in [6, 6.07) is 14.4. The lowest BCUT2D eigenvalue weighted by Gasteiger charge is -2.06. The minimum atomic E-state index is -0.323. The molecule has 1 aromatic heterocycles.